The average molecular weight is 236 g/mol. The van der Waals surface area contributed by atoms with Crippen LogP contribution in [0.15, 0.2) is 4.42 Å². The number of furan rings is 1. The van der Waals surface area contributed by atoms with Crippen LogP contribution in [0.25, 0.3) is 0 Å². The van der Waals surface area contributed by atoms with Crippen LogP contribution in [0.4, 0.5) is 0 Å². The number of fused-ring (bicyclic) bond motifs is 2. The van der Waals surface area contributed by atoms with Crippen LogP contribution in [0.2, 0.25) is 0 Å². The fourth-order valence-electron chi connectivity index (χ4n) is 2.24. The van der Waals surface area contributed by atoms with Gasteiger partial charge in [-0.25, -0.2) is 0 Å². The summed E-state index contributed by atoms with van der Waals surface area (Å²) in [5, 5.41) is 0. The zero-order chi connectivity index (χ0) is 12.3. The molecule has 0 aliphatic carbocycles. The number of cyclic esters (lactones) is 1. The second-order valence-electron chi connectivity index (χ2n) is 4.73. The highest BCUT2D eigenvalue weighted by Gasteiger charge is 2.15. The number of hydrogen-bond donors (Lipinski definition) is 0. The van der Waals surface area contributed by atoms with E-state index in [1.165, 1.54) is 11.1 Å². The number of esters is 1. The van der Waals surface area contributed by atoms with E-state index in [-0.39, 0.29) is 5.97 Å². The van der Waals surface area contributed by atoms with Crippen molar-refractivity contribution in [3.05, 3.63) is 22.6 Å². The molecule has 0 amide bonds. The van der Waals surface area contributed by atoms with E-state index < -0.39 is 0 Å². The van der Waals surface area contributed by atoms with Gasteiger partial charge in [0.05, 0.1) is 13.0 Å². The third-order valence-electron chi connectivity index (χ3n) is 3.51. The van der Waals surface area contributed by atoms with Crippen molar-refractivity contribution in [3.8, 4) is 0 Å². The van der Waals surface area contributed by atoms with Gasteiger partial charge in [0.1, 0.15) is 11.5 Å². The van der Waals surface area contributed by atoms with Crippen molar-refractivity contribution in [3.63, 3.8) is 0 Å². The largest absolute Gasteiger partial charge is 0.466 e. The highest BCUT2D eigenvalue weighted by Crippen LogP contribution is 2.24. The zero-order valence-electron chi connectivity index (χ0n) is 10.7. The van der Waals surface area contributed by atoms with Crippen molar-refractivity contribution in [1.82, 2.24) is 0 Å². The summed E-state index contributed by atoms with van der Waals surface area (Å²) in [5.41, 5.74) is 2.46. The molecule has 0 N–H and O–H groups in total. The Bertz CT molecular complexity index is 404. The van der Waals surface area contributed by atoms with Crippen LogP contribution in [-0.4, -0.2) is 12.6 Å². The normalized spacial score (nSPS) is 18.1. The van der Waals surface area contributed by atoms with Crippen LogP contribution >= 0.6 is 0 Å². The van der Waals surface area contributed by atoms with Gasteiger partial charge in [-0.3, -0.25) is 4.79 Å². The fourth-order valence-corrected chi connectivity index (χ4v) is 2.24. The topological polar surface area (TPSA) is 39.4 Å². The maximum Gasteiger partial charge on any atom is 0.306 e. The Balaban J connectivity index is 2.17. The van der Waals surface area contributed by atoms with Crippen LogP contribution in [0, 0.1) is 13.8 Å². The lowest BCUT2D eigenvalue weighted by Crippen LogP contribution is -2.07. The van der Waals surface area contributed by atoms with Crippen LogP contribution < -0.4 is 0 Å². The molecule has 2 heterocycles. The molecule has 94 valence electrons. The SMILES string of the molecule is Cc1c2oc(c1C)CCC(=O)OCCCCC2. The smallest absolute Gasteiger partial charge is 0.306 e. The molecule has 17 heavy (non-hydrogen) atoms. The number of hydrogen-bond acceptors (Lipinski definition) is 3. The van der Waals surface area contributed by atoms with Gasteiger partial charge >= 0.3 is 5.97 Å². The van der Waals surface area contributed by atoms with Gasteiger partial charge in [-0.05, 0) is 44.2 Å². The molecule has 0 saturated heterocycles. The predicted molar refractivity (Wildman–Crippen MR) is 65.0 cm³/mol. The standard InChI is InChI=1S/C14H20O3/c1-10-11(2)13-7-8-14(15)16-9-5-3-4-6-12(10)17-13/h3-9H2,1-2H3. The van der Waals surface area contributed by atoms with E-state index in [0.29, 0.717) is 19.4 Å². The van der Waals surface area contributed by atoms with E-state index in [0.717, 1.165) is 37.2 Å². The van der Waals surface area contributed by atoms with E-state index in [1.54, 1.807) is 0 Å². The molecule has 2 bridgehead atoms. The summed E-state index contributed by atoms with van der Waals surface area (Å²) >= 11 is 0. The minimum Gasteiger partial charge on any atom is -0.466 e. The van der Waals surface area contributed by atoms with E-state index in [2.05, 4.69) is 13.8 Å². The Morgan fingerprint density at radius 1 is 0.882 bits per heavy atom. The molecule has 1 aliphatic heterocycles. The van der Waals surface area contributed by atoms with E-state index in [4.69, 9.17) is 9.15 Å². The van der Waals surface area contributed by atoms with E-state index >= 15 is 0 Å². The van der Waals surface area contributed by atoms with Gasteiger partial charge in [0, 0.05) is 12.8 Å². The molecule has 0 aromatic carbocycles. The summed E-state index contributed by atoms with van der Waals surface area (Å²) in [5.74, 6) is 1.95. The minimum absolute atomic E-state index is 0.111. The molecule has 0 atom stereocenters. The quantitative estimate of drug-likeness (QED) is 0.650. The zero-order valence-corrected chi connectivity index (χ0v) is 10.7. The molecule has 3 heteroatoms. The molecule has 2 rings (SSSR count). The van der Waals surface area contributed by atoms with Gasteiger partial charge in [-0.15, -0.1) is 0 Å². The highest BCUT2D eigenvalue weighted by molar-refractivity contribution is 5.69. The van der Waals surface area contributed by atoms with Gasteiger partial charge in [0.15, 0.2) is 0 Å². The first kappa shape index (κ1) is 12.2. The van der Waals surface area contributed by atoms with Crippen molar-refractivity contribution >= 4 is 5.97 Å². The lowest BCUT2D eigenvalue weighted by atomic mass is 10.1. The Kier molecular flexibility index (Phi) is 3.87. The molecule has 0 unspecified atom stereocenters. The first-order chi connectivity index (χ1) is 8.18. The van der Waals surface area contributed by atoms with Gasteiger partial charge in [0.2, 0.25) is 0 Å². The lowest BCUT2D eigenvalue weighted by Gasteiger charge is -2.05. The molecule has 1 aromatic rings. The van der Waals surface area contributed by atoms with E-state index in [1.807, 2.05) is 0 Å². The molecule has 1 aliphatic rings. The van der Waals surface area contributed by atoms with Crippen molar-refractivity contribution in [2.75, 3.05) is 6.61 Å². The summed E-state index contributed by atoms with van der Waals surface area (Å²) in [6.07, 6.45) is 5.23. The summed E-state index contributed by atoms with van der Waals surface area (Å²) in [6.45, 7) is 4.74. The minimum atomic E-state index is -0.111. The maximum atomic E-state index is 11.4. The second kappa shape index (κ2) is 5.39. The molecule has 0 saturated carbocycles. The third kappa shape index (κ3) is 2.90. The van der Waals surface area contributed by atoms with Crippen LogP contribution in [0.1, 0.15) is 48.3 Å². The summed E-state index contributed by atoms with van der Waals surface area (Å²) in [7, 11) is 0. The van der Waals surface area contributed by atoms with Crippen molar-refractivity contribution in [2.24, 2.45) is 0 Å². The van der Waals surface area contributed by atoms with Gasteiger partial charge in [0.25, 0.3) is 0 Å². The second-order valence-corrected chi connectivity index (χ2v) is 4.73. The molecule has 3 nitrogen and oxygen atoms in total. The van der Waals surface area contributed by atoms with Crippen molar-refractivity contribution < 1.29 is 13.9 Å². The number of aryl methyl sites for hydroxylation is 2. The van der Waals surface area contributed by atoms with Crippen LogP contribution in [0.3, 0.4) is 0 Å². The Morgan fingerprint density at radius 2 is 1.59 bits per heavy atom. The first-order valence-corrected chi connectivity index (χ1v) is 6.42. The molecular weight excluding hydrogens is 216 g/mol. The predicted octanol–water partition coefficient (Wildman–Crippen LogP) is 3.10. The van der Waals surface area contributed by atoms with Crippen molar-refractivity contribution in [2.45, 2.75) is 52.4 Å². The van der Waals surface area contributed by atoms with Gasteiger partial charge in [-0.2, -0.15) is 0 Å². The fraction of sp³-hybridized carbons (Fsp3) is 0.643. The third-order valence-corrected chi connectivity index (χ3v) is 3.51. The molecule has 1 aromatic heterocycles. The molecule has 0 spiro atoms. The van der Waals surface area contributed by atoms with Crippen LogP contribution in [-0.2, 0) is 22.4 Å². The average Bonchev–Trinajstić information content (AvgIpc) is 2.57. The number of ether oxygens (including phenoxy) is 1. The van der Waals surface area contributed by atoms with Crippen molar-refractivity contribution in [1.29, 1.82) is 0 Å². The number of carbonyl (C=O) groups is 1. The van der Waals surface area contributed by atoms with Gasteiger partial charge in [-0.1, -0.05) is 0 Å². The lowest BCUT2D eigenvalue weighted by molar-refractivity contribution is -0.143. The van der Waals surface area contributed by atoms with E-state index in [9.17, 15) is 4.79 Å². The molecule has 0 fully saturated rings. The summed E-state index contributed by atoms with van der Waals surface area (Å²) in [4.78, 5) is 11.4. The van der Waals surface area contributed by atoms with Gasteiger partial charge < -0.3 is 9.15 Å². The molecular formula is C14H20O3. The maximum absolute atomic E-state index is 11.4. The Labute approximate surface area is 102 Å². The Hall–Kier alpha value is -1.25. The summed E-state index contributed by atoms with van der Waals surface area (Å²) < 4.78 is 11.0. The summed E-state index contributed by atoms with van der Waals surface area (Å²) in [6, 6.07) is 0. The molecule has 0 radical (unpaired) electrons. The first-order valence-electron chi connectivity index (χ1n) is 6.42. The number of carbonyl (C=O) groups excluding carboxylic acids is 1. The Morgan fingerprint density at radius 3 is 2.35 bits per heavy atom. The monoisotopic (exact) mass is 236 g/mol. The highest BCUT2D eigenvalue weighted by atomic mass is 16.5. The van der Waals surface area contributed by atoms with Crippen LogP contribution in [0.5, 0.6) is 0 Å². The number of rotatable bonds is 0.